The molecule has 0 radical (unpaired) electrons. The van der Waals surface area contributed by atoms with Crippen LogP contribution < -0.4 is 5.32 Å². The highest BCUT2D eigenvalue weighted by Gasteiger charge is 2.12. The van der Waals surface area contributed by atoms with Crippen LogP contribution in [0.3, 0.4) is 0 Å². The normalized spacial score (nSPS) is 10.2. The molecule has 1 aromatic rings. The topological polar surface area (TPSA) is 29.1 Å². The maximum atomic E-state index is 13.5. The molecule has 2 nitrogen and oxygen atoms in total. The second-order valence-corrected chi connectivity index (χ2v) is 5.04. The third-order valence-electron chi connectivity index (χ3n) is 2.01. The zero-order valence-corrected chi connectivity index (χ0v) is 11.3. The third-order valence-corrected chi connectivity index (χ3v) is 3.32. The number of halogens is 2. The van der Waals surface area contributed by atoms with Gasteiger partial charge in [-0.05, 0) is 46.5 Å². The number of thioether (sulfide) groups is 1. The summed E-state index contributed by atoms with van der Waals surface area (Å²) in [6, 6.07) is 4.69. The summed E-state index contributed by atoms with van der Waals surface area (Å²) in [4.78, 5) is 11.6. The van der Waals surface area contributed by atoms with Crippen molar-refractivity contribution in [1.82, 2.24) is 5.32 Å². The van der Waals surface area contributed by atoms with Crippen molar-refractivity contribution in [2.75, 3.05) is 18.6 Å². The van der Waals surface area contributed by atoms with E-state index < -0.39 is 5.82 Å². The van der Waals surface area contributed by atoms with Gasteiger partial charge in [-0.2, -0.15) is 11.8 Å². The van der Waals surface area contributed by atoms with Crippen LogP contribution in [-0.2, 0) is 0 Å². The van der Waals surface area contributed by atoms with Gasteiger partial charge in [0, 0.05) is 6.54 Å². The molecule has 1 aromatic carbocycles. The number of benzene rings is 1. The molecule has 0 atom stereocenters. The summed E-state index contributed by atoms with van der Waals surface area (Å²) < 4.78 is 13.8. The van der Waals surface area contributed by atoms with E-state index in [0.29, 0.717) is 11.0 Å². The van der Waals surface area contributed by atoms with Gasteiger partial charge in [-0.15, -0.1) is 0 Å². The summed E-state index contributed by atoms with van der Waals surface area (Å²) >= 11 is 4.77. The first-order valence-electron chi connectivity index (χ1n) is 4.88. The van der Waals surface area contributed by atoms with Crippen LogP contribution >= 0.6 is 27.7 Å². The van der Waals surface area contributed by atoms with Gasteiger partial charge < -0.3 is 5.32 Å². The highest BCUT2D eigenvalue weighted by Crippen LogP contribution is 2.18. The Bertz CT molecular complexity index is 373. The summed E-state index contributed by atoms with van der Waals surface area (Å²) in [7, 11) is 0. The van der Waals surface area contributed by atoms with Crippen LogP contribution in [0.1, 0.15) is 16.8 Å². The van der Waals surface area contributed by atoms with Gasteiger partial charge in [0.15, 0.2) is 0 Å². The van der Waals surface area contributed by atoms with E-state index in [4.69, 9.17) is 0 Å². The fourth-order valence-corrected chi connectivity index (χ4v) is 1.99. The molecule has 1 amide bonds. The molecular formula is C11H13BrFNOS. The molecule has 5 heteroatoms. The van der Waals surface area contributed by atoms with Gasteiger partial charge >= 0.3 is 0 Å². The molecular weight excluding hydrogens is 293 g/mol. The first kappa shape index (κ1) is 13.5. The number of rotatable bonds is 5. The lowest BCUT2D eigenvalue weighted by Crippen LogP contribution is -2.25. The largest absolute Gasteiger partial charge is 0.352 e. The molecule has 0 aliphatic rings. The smallest absolute Gasteiger partial charge is 0.254 e. The zero-order valence-electron chi connectivity index (χ0n) is 8.93. The predicted molar refractivity (Wildman–Crippen MR) is 69.4 cm³/mol. The SMILES string of the molecule is CSCCCNC(=O)c1cccc(Br)c1F. The molecule has 1 N–H and O–H groups in total. The van der Waals surface area contributed by atoms with Crippen LogP contribution in [0, 0.1) is 5.82 Å². The van der Waals surface area contributed by atoms with E-state index in [9.17, 15) is 9.18 Å². The van der Waals surface area contributed by atoms with Gasteiger partial charge in [0.05, 0.1) is 10.0 Å². The summed E-state index contributed by atoms with van der Waals surface area (Å²) in [5.74, 6) is 0.117. The Hall–Kier alpha value is -0.550. The summed E-state index contributed by atoms with van der Waals surface area (Å²) in [6.45, 7) is 0.575. The second kappa shape index (κ2) is 6.91. The second-order valence-electron chi connectivity index (χ2n) is 3.20. The Morgan fingerprint density at radius 3 is 3.00 bits per heavy atom. The molecule has 1 rings (SSSR count). The summed E-state index contributed by atoms with van der Waals surface area (Å²) in [6.07, 6.45) is 2.90. The lowest BCUT2D eigenvalue weighted by molar-refractivity contribution is 0.0949. The molecule has 0 bridgehead atoms. The van der Waals surface area contributed by atoms with Gasteiger partial charge in [0.25, 0.3) is 5.91 Å². The van der Waals surface area contributed by atoms with Crippen LogP contribution in [0.4, 0.5) is 4.39 Å². The van der Waals surface area contributed by atoms with E-state index in [1.165, 1.54) is 6.07 Å². The molecule has 0 saturated heterocycles. The number of carbonyl (C=O) groups is 1. The highest BCUT2D eigenvalue weighted by atomic mass is 79.9. The summed E-state index contributed by atoms with van der Waals surface area (Å²) in [5, 5.41) is 2.69. The Morgan fingerprint density at radius 1 is 1.56 bits per heavy atom. The van der Waals surface area contributed by atoms with Crippen LogP contribution in [0.2, 0.25) is 0 Å². The Balaban J connectivity index is 2.56. The van der Waals surface area contributed by atoms with Crippen molar-refractivity contribution >= 4 is 33.6 Å². The molecule has 0 fully saturated rings. The van der Waals surface area contributed by atoms with Crippen molar-refractivity contribution < 1.29 is 9.18 Å². The van der Waals surface area contributed by atoms with Crippen molar-refractivity contribution in [1.29, 1.82) is 0 Å². The fourth-order valence-electron chi connectivity index (χ4n) is 1.19. The van der Waals surface area contributed by atoms with E-state index in [1.807, 2.05) is 6.26 Å². The molecule has 16 heavy (non-hydrogen) atoms. The van der Waals surface area contributed by atoms with Crippen molar-refractivity contribution in [2.24, 2.45) is 0 Å². The van der Waals surface area contributed by atoms with E-state index in [2.05, 4.69) is 21.2 Å². The zero-order chi connectivity index (χ0) is 12.0. The van der Waals surface area contributed by atoms with Gasteiger partial charge in [-0.25, -0.2) is 4.39 Å². The number of hydrogen-bond donors (Lipinski definition) is 1. The van der Waals surface area contributed by atoms with Gasteiger partial charge in [0.2, 0.25) is 0 Å². The average Bonchev–Trinajstić information content (AvgIpc) is 2.28. The van der Waals surface area contributed by atoms with Crippen molar-refractivity contribution in [2.45, 2.75) is 6.42 Å². The molecule has 0 aromatic heterocycles. The molecule has 0 unspecified atom stereocenters. The molecule has 0 saturated carbocycles. The number of nitrogens with one attached hydrogen (secondary N) is 1. The minimum absolute atomic E-state index is 0.0820. The Morgan fingerprint density at radius 2 is 2.31 bits per heavy atom. The van der Waals surface area contributed by atoms with Crippen molar-refractivity contribution in [3.05, 3.63) is 34.1 Å². The molecule has 88 valence electrons. The van der Waals surface area contributed by atoms with E-state index >= 15 is 0 Å². The average molecular weight is 306 g/mol. The van der Waals surface area contributed by atoms with Gasteiger partial charge in [0.1, 0.15) is 5.82 Å². The number of amides is 1. The quantitative estimate of drug-likeness (QED) is 0.847. The van der Waals surface area contributed by atoms with Crippen LogP contribution in [0.25, 0.3) is 0 Å². The Kier molecular flexibility index (Phi) is 5.84. The molecule has 0 aliphatic heterocycles. The molecule has 0 heterocycles. The first-order chi connectivity index (χ1) is 7.66. The minimum atomic E-state index is -0.509. The predicted octanol–water partition coefficient (Wildman–Crippen LogP) is 3.07. The van der Waals surface area contributed by atoms with Crippen LogP contribution in [0.5, 0.6) is 0 Å². The van der Waals surface area contributed by atoms with Crippen LogP contribution in [-0.4, -0.2) is 24.5 Å². The van der Waals surface area contributed by atoms with Crippen molar-refractivity contribution in [3.8, 4) is 0 Å². The lowest BCUT2D eigenvalue weighted by Gasteiger charge is -2.06. The van der Waals surface area contributed by atoms with Crippen molar-refractivity contribution in [3.63, 3.8) is 0 Å². The minimum Gasteiger partial charge on any atom is -0.352 e. The van der Waals surface area contributed by atoms with E-state index in [1.54, 1.807) is 23.9 Å². The standard InChI is InChI=1S/C11H13BrFNOS/c1-16-7-3-6-14-11(15)8-4-2-5-9(12)10(8)13/h2,4-5H,3,6-7H2,1H3,(H,14,15). The first-order valence-corrected chi connectivity index (χ1v) is 7.06. The Labute approximate surface area is 107 Å². The summed E-state index contributed by atoms with van der Waals surface area (Å²) in [5.41, 5.74) is 0.0820. The maximum Gasteiger partial charge on any atom is 0.254 e. The van der Waals surface area contributed by atoms with Gasteiger partial charge in [-0.3, -0.25) is 4.79 Å². The van der Waals surface area contributed by atoms with Crippen LogP contribution in [0.15, 0.2) is 22.7 Å². The molecule has 0 aliphatic carbocycles. The van der Waals surface area contributed by atoms with E-state index in [-0.39, 0.29) is 11.5 Å². The van der Waals surface area contributed by atoms with Gasteiger partial charge in [-0.1, -0.05) is 6.07 Å². The number of carbonyl (C=O) groups excluding carboxylic acids is 1. The number of hydrogen-bond acceptors (Lipinski definition) is 2. The fraction of sp³-hybridized carbons (Fsp3) is 0.364. The molecule has 0 spiro atoms. The monoisotopic (exact) mass is 305 g/mol. The maximum absolute atomic E-state index is 13.5. The van der Waals surface area contributed by atoms with E-state index in [0.717, 1.165) is 12.2 Å². The third kappa shape index (κ3) is 3.79. The highest BCUT2D eigenvalue weighted by molar-refractivity contribution is 9.10. The lowest BCUT2D eigenvalue weighted by atomic mass is 10.2.